The smallest absolute Gasteiger partial charge is 0.318 e. The number of aromatic nitrogens is 2. The van der Waals surface area contributed by atoms with E-state index in [0.717, 1.165) is 55.4 Å². The lowest BCUT2D eigenvalue weighted by atomic mass is 9.53. The van der Waals surface area contributed by atoms with Crippen molar-refractivity contribution in [3.63, 3.8) is 0 Å². The Labute approximate surface area is 235 Å². The zero-order valence-corrected chi connectivity index (χ0v) is 23.1. The van der Waals surface area contributed by atoms with Crippen LogP contribution in [0.5, 0.6) is 0 Å². The first-order chi connectivity index (χ1) is 19.4. The number of hydrogen-bond donors (Lipinski definition) is 2. The minimum atomic E-state index is -0.346. The van der Waals surface area contributed by atoms with Gasteiger partial charge in [0.15, 0.2) is 0 Å². The number of benzene rings is 2. The first-order valence-corrected chi connectivity index (χ1v) is 14.7. The summed E-state index contributed by atoms with van der Waals surface area (Å²) in [5.74, 6) is 2.01. The molecule has 4 aliphatic rings. The summed E-state index contributed by atoms with van der Waals surface area (Å²) in [7, 11) is 0. The fourth-order valence-electron chi connectivity index (χ4n) is 7.53. The van der Waals surface area contributed by atoms with Crippen molar-refractivity contribution in [1.82, 2.24) is 20.0 Å². The number of carbonyl (C=O) groups is 2. The Bertz CT molecular complexity index is 1320. The SMILES string of the molecule is CCCCN(CC(=O)Nc1cc(-c2ccccc2)nn1-c1ccc(F)cc1)C(=O)NC12CC3CC(CC(C3)C1)C2. The molecule has 2 aromatic carbocycles. The molecule has 0 saturated heterocycles. The van der Waals surface area contributed by atoms with Gasteiger partial charge < -0.3 is 15.5 Å². The van der Waals surface area contributed by atoms with Crippen LogP contribution >= 0.6 is 0 Å². The molecular formula is C32H38FN5O2. The largest absolute Gasteiger partial charge is 0.333 e. The maximum Gasteiger partial charge on any atom is 0.318 e. The van der Waals surface area contributed by atoms with Gasteiger partial charge in [-0.3, -0.25) is 4.79 Å². The second-order valence-electron chi connectivity index (χ2n) is 12.1. The lowest BCUT2D eigenvalue weighted by Crippen LogP contribution is -2.62. The molecule has 0 radical (unpaired) electrons. The molecule has 4 saturated carbocycles. The summed E-state index contributed by atoms with van der Waals surface area (Å²) in [6.07, 6.45) is 8.89. The van der Waals surface area contributed by atoms with Crippen LogP contribution in [0.25, 0.3) is 16.9 Å². The standard InChI is InChI=1S/C32H38FN5O2/c1-2-3-13-37(31(40)35-32-18-22-14-23(19-32)16-24(15-22)20-32)21-30(39)34-29-17-28(25-7-5-4-6-8-25)36-38(29)27-11-9-26(33)10-12-27/h4-12,17,22-24H,2-3,13-16,18-21H2,1H3,(H,34,39)(H,35,40). The molecule has 0 aliphatic heterocycles. The fourth-order valence-corrected chi connectivity index (χ4v) is 7.53. The van der Waals surface area contributed by atoms with E-state index < -0.39 is 0 Å². The Morgan fingerprint density at radius 1 is 1.00 bits per heavy atom. The minimum absolute atomic E-state index is 0.0481. The van der Waals surface area contributed by atoms with Gasteiger partial charge in [0.2, 0.25) is 5.91 Å². The number of urea groups is 1. The molecule has 0 atom stereocenters. The van der Waals surface area contributed by atoms with Crippen molar-refractivity contribution in [2.75, 3.05) is 18.4 Å². The first-order valence-electron chi connectivity index (χ1n) is 14.7. The Balaban J connectivity index is 1.20. The van der Waals surface area contributed by atoms with Crippen LogP contribution < -0.4 is 10.6 Å². The average molecular weight is 544 g/mol. The number of nitrogens with zero attached hydrogens (tertiary/aromatic N) is 3. The summed E-state index contributed by atoms with van der Waals surface area (Å²) >= 11 is 0. The highest BCUT2D eigenvalue weighted by Gasteiger charge is 2.51. The van der Waals surface area contributed by atoms with Crippen LogP contribution in [0.3, 0.4) is 0 Å². The second-order valence-corrected chi connectivity index (χ2v) is 12.1. The van der Waals surface area contributed by atoms with Gasteiger partial charge in [-0.25, -0.2) is 13.9 Å². The van der Waals surface area contributed by atoms with E-state index in [9.17, 15) is 14.0 Å². The Morgan fingerprint density at radius 2 is 1.65 bits per heavy atom. The van der Waals surface area contributed by atoms with Crippen LogP contribution in [-0.2, 0) is 4.79 Å². The molecule has 0 spiro atoms. The zero-order valence-electron chi connectivity index (χ0n) is 23.1. The lowest BCUT2D eigenvalue weighted by Gasteiger charge is -2.57. The van der Waals surface area contributed by atoms with Gasteiger partial charge >= 0.3 is 6.03 Å². The van der Waals surface area contributed by atoms with E-state index in [-0.39, 0.29) is 29.8 Å². The Morgan fingerprint density at radius 3 is 2.27 bits per heavy atom. The van der Waals surface area contributed by atoms with Crippen LogP contribution in [0.4, 0.5) is 15.0 Å². The van der Waals surface area contributed by atoms with Crippen molar-refractivity contribution in [3.8, 4) is 16.9 Å². The third-order valence-electron chi connectivity index (χ3n) is 8.93. The molecule has 1 aromatic heterocycles. The minimum Gasteiger partial charge on any atom is -0.333 e. The number of carbonyl (C=O) groups excluding carboxylic acids is 2. The van der Waals surface area contributed by atoms with Gasteiger partial charge in [0, 0.05) is 23.7 Å². The predicted octanol–water partition coefficient (Wildman–Crippen LogP) is 6.40. The molecule has 8 heteroatoms. The van der Waals surface area contributed by atoms with Crippen LogP contribution in [0, 0.1) is 23.6 Å². The van der Waals surface area contributed by atoms with E-state index in [1.54, 1.807) is 21.7 Å². The van der Waals surface area contributed by atoms with Crippen LogP contribution in [0.15, 0.2) is 60.7 Å². The van der Waals surface area contributed by atoms with Crippen LogP contribution in [-0.4, -0.2) is 45.2 Å². The van der Waals surface area contributed by atoms with Crippen molar-refractivity contribution in [3.05, 3.63) is 66.5 Å². The molecule has 7 rings (SSSR count). The number of anilines is 1. The maximum absolute atomic E-state index is 13.6. The van der Waals surface area contributed by atoms with E-state index in [1.807, 2.05) is 36.4 Å². The summed E-state index contributed by atoms with van der Waals surface area (Å²) in [4.78, 5) is 28.7. The van der Waals surface area contributed by atoms with Crippen molar-refractivity contribution >= 4 is 17.8 Å². The van der Waals surface area contributed by atoms with Crippen molar-refractivity contribution in [1.29, 1.82) is 0 Å². The number of unbranched alkanes of at least 4 members (excludes halogenated alkanes) is 1. The normalized spacial score (nSPS) is 24.6. The monoisotopic (exact) mass is 543 g/mol. The van der Waals surface area contributed by atoms with E-state index in [1.165, 1.54) is 31.4 Å². The highest BCUT2D eigenvalue weighted by Crippen LogP contribution is 2.55. The molecule has 0 unspecified atom stereocenters. The molecule has 3 aromatic rings. The highest BCUT2D eigenvalue weighted by atomic mass is 19.1. The van der Waals surface area contributed by atoms with Gasteiger partial charge in [0.05, 0.1) is 11.4 Å². The van der Waals surface area contributed by atoms with Gasteiger partial charge in [-0.15, -0.1) is 0 Å². The van der Waals surface area contributed by atoms with Gasteiger partial charge in [0.1, 0.15) is 18.2 Å². The Hall–Kier alpha value is -3.68. The average Bonchev–Trinajstić information content (AvgIpc) is 3.34. The van der Waals surface area contributed by atoms with Gasteiger partial charge in [-0.1, -0.05) is 43.7 Å². The summed E-state index contributed by atoms with van der Waals surface area (Å²) in [5.41, 5.74) is 2.10. The van der Waals surface area contributed by atoms with E-state index in [0.29, 0.717) is 23.7 Å². The number of amides is 3. The quantitative estimate of drug-likeness (QED) is 0.328. The van der Waals surface area contributed by atoms with Crippen molar-refractivity contribution < 1.29 is 14.0 Å². The number of nitrogens with one attached hydrogen (secondary N) is 2. The highest BCUT2D eigenvalue weighted by molar-refractivity contribution is 5.94. The molecule has 4 aliphatic carbocycles. The topological polar surface area (TPSA) is 79.3 Å². The lowest BCUT2D eigenvalue weighted by molar-refractivity contribution is -0.116. The summed E-state index contributed by atoms with van der Waals surface area (Å²) in [6.45, 7) is 2.56. The Kier molecular flexibility index (Phi) is 7.34. The van der Waals surface area contributed by atoms with E-state index in [4.69, 9.17) is 5.10 Å². The molecule has 210 valence electrons. The van der Waals surface area contributed by atoms with Gasteiger partial charge in [-0.2, -0.15) is 5.10 Å². The van der Waals surface area contributed by atoms with Gasteiger partial charge in [-0.05, 0) is 87.0 Å². The molecule has 7 nitrogen and oxygen atoms in total. The van der Waals surface area contributed by atoms with Gasteiger partial charge in [0.25, 0.3) is 0 Å². The third kappa shape index (κ3) is 5.62. The number of hydrogen-bond acceptors (Lipinski definition) is 3. The molecule has 4 fully saturated rings. The van der Waals surface area contributed by atoms with Crippen LogP contribution in [0.1, 0.15) is 58.3 Å². The van der Waals surface area contributed by atoms with Crippen LogP contribution in [0.2, 0.25) is 0 Å². The summed E-state index contributed by atoms with van der Waals surface area (Å²) in [6, 6.07) is 17.3. The predicted molar refractivity (Wildman–Crippen MR) is 154 cm³/mol. The van der Waals surface area contributed by atoms with E-state index in [2.05, 4.69) is 17.6 Å². The second kappa shape index (κ2) is 11.1. The molecule has 40 heavy (non-hydrogen) atoms. The molecule has 1 heterocycles. The third-order valence-corrected chi connectivity index (χ3v) is 8.93. The van der Waals surface area contributed by atoms with Crippen molar-refractivity contribution in [2.45, 2.75) is 63.8 Å². The van der Waals surface area contributed by atoms with E-state index >= 15 is 0 Å². The zero-order chi connectivity index (χ0) is 27.7. The summed E-state index contributed by atoms with van der Waals surface area (Å²) < 4.78 is 15.2. The molecular weight excluding hydrogens is 505 g/mol. The fraction of sp³-hybridized carbons (Fsp3) is 0.469. The number of rotatable bonds is 9. The summed E-state index contributed by atoms with van der Waals surface area (Å²) in [5, 5.41) is 11.1. The number of halogens is 1. The van der Waals surface area contributed by atoms with Crippen molar-refractivity contribution in [2.24, 2.45) is 17.8 Å². The maximum atomic E-state index is 13.6. The first kappa shape index (κ1) is 26.5. The molecule has 2 N–H and O–H groups in total. The molecule has 3 amide bonds. The molecule has 4 bridgehead atoms.